The van der Waals surface area contributed by atoms with Crippen LogP contribution in [0.3, 0.4) is 0 Å². The molecular weight excluding hydrogens is 510 g/mol. The average molecular weight is 550 g/mol. The maximum atomic E-state index is 13.9. The van der Waals surface area contributed by atoms with Gasteiger partial charge in [0.1, 0.15) is 12.6 Å². The second kappa shape index (κ2) is 13.9. The van der Waals surface area contributed by atoms with Gasteiger partial charge in [-0.15, -0.1) is 0 Å². The summed E-state index contributed by atoms with van der Waals surface area (Å²) in [6.07, 6.45) is 2.57. The molecule has 208 valence electrons. The molecule has 1 atom stereocenters. The van der Waals surface area contributed by atoms with E-state index in [4.69, 9.17) is 0 Å². The number of sulfonamides is 1. The highest BCUT2D eigenvalue weighted by molar-refractivity contribution is 7.92. The fourth-order valence-corrected chi connectivity index (χ4v) is 5.59. The van der Waals surface area contributed by atoms with Gasteiger partial charge in [-0.1, -0.05) is 80.4 Å². The number of carbonyl (C=O) groups excluding carboxylic acids is 2. The van der Waals surface area contributed by atoms with Crippen molar-refractivity contribution >= 4 is 27.5 Å². The molecule has 8 heteroatoms. The molecule has 0 heterocycles. The standard InChI is InChI=1S/C31H39N3O4S/c1-5-7-21-32-31(36)25(4)33(22-27-15-13-24(3)14-16-27)30(35)23-34(28-19-17-26(6-2)18-20-28)39(37,38)29-11-9-8-10-12-29/h8-20,25H,5-7,21-23H2,1-4H3,(H,32,36)/t25-/m1/s1. The first-order valence-electron chi connectivity index (χ1n) is 13.5. The van der Waals surface area contributed by atoms with E-state index < -0.39 is 28.5 Å². The number of unbranched alkanes of at least 4 members (excludes halogenated alkanes) is 1. The number of anilines is 1. The number of carbonyl (C=O) groups is 2. The Balaban J connectivity index is 1.98. The molecule has 0 saturated carbocycles. The first-order chi connectivity index (χ1) is 18.7. The lowest BCUT2D eigenvalue weighted by atomic mass is 10.1. The lowest BCUT2D eigenvalue weighted by Crippen LogP contribution is -2.51. The van der Waals surface area contributed by atoms with Gasteiger partial charge in [0, 0.05) is 13.1 Å². The van der Waals surface area contributed by atoms with Crippen LogP contribution in [0, 0.1) is 6.92 Å². The third-order valence-corrected chi connectivity index (χ3v) is 8.50. The second-order valence-corrected chi connectivity index (χ2v) is 11.5. The Morgan fingerprint density at radius 2 is 1.49 bits per heavy atom. The van der Waals surface area contributed by atoms with E-state index in [0.717, 1.165) is 40.3 Å². The van der Waals surface area contributed by atoms with E-state index in [1.54, 1.807) is 37.3 Å². The van der Waals surface area contributed by atoms with Crippen LogP contribution in [0.15, 0.2) is 83.8 Å². The molecule has 0 spiro atoms. The summed E-state index contributed by atoms with van der Waals surface area (Å²) in [6.45, 7) is 7.97. The average Bonchev–Trinajstić information content (AvgIpc) is 2.95. The van der Waals surface area contributed by atoms with Gasteiger partial charge < -0.3 is 10.2 Å². The minimum absolute atomic E-state index is 0.0906. The molecule has 0 aliphatic rings. The van der Waals surface area contributed by atoms with Gasteiger partial charge in [0.05, 0.1) is 10.6 Å². The van der Waals surface area contributed by atoms with Crippen LogP contribution in [-0.2, 0) is 32.6 Å². The number of aryl methyl sites for hydroxylation is 2. The van der Waals surface area contributed by atoms with Gasteiger partial charge in [-0.25, -0.2) is 8.42 Å². The van der Waals surface area contributed by atoms with Crippen molar-refractivity contribution in [1.29, 1.82) is 0 Å². The third kappa shape index (κ3) is 7.93. The molecular formula is C31H39N3O4S. The molecule has 0 unspecified atom stereocenters. The largest absolute Gasteiger partial charge is 0.354 e. The van der Waals surface area contributed by atoms with Crippen molar-refractivity contribution in [1.82, 2.24) is 10.2 Å². The van der Waals surface area contributed by atoms with E-state index in [1.165, 1.54) is 17.0 Å². The summed E-state index contributed by atoms with van der Waals surface area (Å²) in [6, 6.07) is 22.2. The van der Waals surface area contributed by atoms with E-state index in [-0.39, 0.29) is 17.3 Å². The lowest BCUT2D eigenvalue weighted by molar-refractivity contribution is -0.139. The summed E-state index contributed by atoms with van der Waals surface area (Å²) >= 11 is 0. The molecule has 0 saturated heterocycles. The highest BCUT2D eigenvalue weighted by Crippen LogP contribution is 2.25. The zero-order chi connectivity index (χ0) is 28.4. The Morgan fingerprint density at radius 3 is 2.08 bits per heavy atom. The van der Waals surface area contributed by atoms with Crippen molar-refractivity contribution in [2.45, 2.75) is 64.4 Å². The molecule has 2 amide bonds. The quantitative estimate of drug-likeness (QED) is 0.301. The Labute approximate surface area is 232 Å². The summed E-state index contributed by atoms with van der Waals surface area (Å²) < 4.78 is 28.7. The number of rotatable bonds is 13. The number of benzene rings is 3. The van der Waals surface area contributed by atoms with Gasteiger partial charge in [-0.3, -0.25) is 13.9 Å². The SMILES string of the molecule is CCCCNC(=O)[C@@H](C)N(Cc1ccc(C)cc1)C(=O)CN(c1ccc(CC)cc1)S(=O)(=O)c1ccccc1. The molecule has 1 N–H and O–H groups in total. The predicted molar refractivity (Wildman–Crippen MR) is 156 cm³/mol. The molecule has 3 aromatic carbocycles. The number of hydrogen-bond acceptors (Lipinski definition) is 4. The van der Waals surface area contributed by atoms with Gasteiger partial charge in [-0.2, -0.15) is 0 Å². The van der Waals surface area contributed by atoms with Crippen LogP contribution < -0.4 is 9.62 Å². The van der Waals surface area contributed by atoms with Crippen LogP contribution >= 0.6 is 0 Å². The second-order valence-electron chi connectivity index (χ2n) is 9.67. The summed E-state index contributed by atoms with van der Waals surface area (Å²) in [5.41, 5.74) is 3.38. The van der Waals surface area contributed by atoms with Crippen molar-refractivity contribution < 1.29 is 18.0 Å². The molecule has 0 radical (unpaired) electrons. The molecule has 0 aliphatic carbocycles. The number of nitrogens with one attached hydrogen (secondary N) is 1. The zero-order valence-corrected chi connectivity index (χ0v) is 24.1. The first-order valence-corrected chi connectivity index (χ1v) is 14.9. The van der Waals surface area contributed by atoms with Crippen LogP contribution in [0.5, 0.6) is 0 Å². The Hall–Kier alpha value is -3.65. The Morgan fingerprint density at radius 1 is 0.872 bits per heavy atom. The van der Waals surface area contributed by atoms with Crippen LogP contribution in [0.1, 0.15) is 50.3 Å². The van der Waals surface area contributed by atoms with Gasteiger partial charge in [-0.05, 0) is 62.1 Å². The van der Waals surface area contributed by atoms with E-state index >= 15 is 0 Å². The van der Waals surface area contributed by atoms with Crippen LogP contribution in [0.25, 0.3) is 0 Å². The van der Waals surface area contributed by atoms with Crippen molar-refractivity contribution in [2.75, 3.05) is 17.4 Å². The molecule has 3 rings (SSSR count). The molecule has 0 aromatic heterocycles. The molecule has 3 aromatic rings. The predicted octanol–water partition coefficient (Wildman–Crippen LogP) is 5.09. The summed E-state index contributed by atoms with van der Waals surface area (Å²) in [4.78, 5) is 28.5. The van der Waals surface area contributed by atoms with Crippen LogP contribution in [0.4, 0.5) is 5.69 Å². The normalized spacial score (nSPS) is 12.0. The fourth-order valence-electron chi connectivity index (χ4n) is 4.16. The zero-order valence-electron chi connectivity index (χ0n) is 23.3. The summed E-state index contributed by atoms with van der Waals surface area (Å²) in [5.74, 6) is -0.735. The van der Waals surface area contributed by atoms with Crippen molar-refractivity contribution in [3.63, 3.8) is 0 Å². The minimum Gasteiger partial charge on any atom is -0.354 e. The minimum atomic E-state index is -4.06. The topological polar surface area (TPSA) is 86.8 Å². The molecule has 0 fully saturated rings. The highest BCUT2D eigenvalue weighted by Gasteiger charge is 2.32. The maximum Gasteiger partial charge on any atom is 0.264 e. The molecule has 39 heavy (non-hydrogen) atoms. The highest BCUT2D eigenvalue weighted by atomic mass is 32.2. The smallest absolute Gasteiger partial charge is 0.264 e. The maximum absolute atomic E-state index is 13.9. The molecule has 0 aliphatic heterocycles. The number of hydrogen-bond donors (Lipinski definition) is 1. The van der Waals surface area contributed by atoms with Crippen molar-refractivity contribution in [3.05, 3.63) is 95.6 Å². The Kier molecular flexibility index (Phi) is 10.7. The van der Waals surface area contributed by atoms with Gasteiger partial charge >= 0.3 is 0 Å². The Bertz CT molecular complexity index is 1320. The van der Waals surface area contributed by atoms with E-state index in [1.807, 2.05) is 57.2 Å². The van der Waals surface area contributed by atoms with Gasteiger partial charge in [0.2, 0.25) is 11.8 Å². The number of nitrogens with zero attached hydrogens (tertiary/aromatic N) is 2. The molecule has 7 nitrogen and oxygen atoms in total. The van der Waals surface area contributed by atoms with Crippen LogP contribution in [0.2, 0.25) is 0 Å². The number of amides is 2. The fraction of sp³-hybridized carbons (Fsp3) is 0.355. The van der Waals surface area contributed by atoms with E-state index in [2.05, 4.69) is 5.32 Å². The summed E-state index contributed by atoms with van der Waals surface area (Å²) in [5, 5.41) is 2.90. The monoisotopic (exact) mass is 549 g/mol. The van der Waals surface area contributed by atoms with E-state index in [0.29, 0.717) is 12.2 Å². The van der Waals surface area contributed by atoms with Crippen LogP contribution in [-0.4, -0.2) is 44.3 Å². The van der Waals surface area contributed by atoms with E-state index in [9.17, 15) is 18.0 Å². The summed E-state index contributed by atoms with van der Waals surface area (Å²) in [7, 11) is -4.06. The van der Waals surface area contributed by atoms with Crippen molar-refractivity contribution in [3.8, 4) is 0 Å². The lowest BCUT2D eigenvalue weighted by Gasteiger charge is -2.32. The molecule has 0 bridgehead atoms. The van der Waals surface area contributed by atoms with Crippen molar-refractivity contribution in [2.24, 2.45) is 0 Å². The van der Waals surface area contributed by atoms with Gasteiger partial charge in [0.15, 0.2) is 0 Å². The first kappa shape index (κ1) is 29.9. The van der Waals surface area contributed by atoms with Gasteiger partial charge in [0.25, 0.3) is 10.0 Å². The third-order valence-electron chi connectivity index (χ3n) is 6.71.